The summed E-state index contributed by atoms with van der Waals surface area (Å²) in [7, 11) is 1.42. The van der Waals surface area contributed by atoms with Crippen LogP contribution in [0.3, 0.4) is 0 Å². The van der Waals surface area contributed by atoms with E-state index in [0.717, 1.165) is 0 Å². The highest BCUT2D eigenvalue weighted by Gasteiger charge is 2.33. The second-order valence-corrected chi connectivity index (χ2v) is 5.23. The zero-order chi connectivity index (χ0) is 15.7. The highest BCUT2D eigenvalue weighted by Crippen LogP contribution is 2.29. The van der Waals surface area contributed by atoms with Crippen LogP contribution in [0.1, 0.15) is 34.4 Å². The van der Waals surface area contributed by atoms with Gasteiger partial charge in [-0.15, -0.1) is 0 Å². The lowest BCUT2D eigenvalue weighted by Gasteiger charge is -2.18. The molecule has 0 unspecified atom stereocenters. The van der Waals surface area contributed by atoms with Crippen molar-refractivity contribution in [1.82, 2.24) is 15.0 Å². The van der Waals surface area contributed by atoms with E-state index in [9.17, 15) is 9.18 Å². The minimum Gasteiger partial charge on any atom is -0.496 e. The molecule has 1 aliphatic heterocycles. The van der Waals surface area contributed by atoms with Crippen molar-refractivity contribution in [3.05, 3.63) is 41.3 Å². The average molecular weight is 305 g/mol. The first-order chi connectivity index (χ1) is 10.6. The number of benzene rings is 1. The molecule has 1 aromatic heterocycles. The molecule has 0 saturated carbocycles. The van der Waals surface area contributed by atoms with Gasteiger partial charge in [-0.25, -0.2) is 4.39 Å². The normalized spacial score (nSPS) is 17.8. The van der Waals surface area contributed by atoms with Crippen LogP contribution in [0.15, 0.2) is 22.7 Å². The summed E-state index contributed by atoms with van der Waals surface area (Å²) < 4.78 is 24.2. The molecule has 1 aromatic carbocycles. The van der Waals surface area contributed by atoms with Gasteiger partial charge in [0.05, 0.1) is 13.0 Å². The van der Waals surface area contributed by atoms with E-state index < -0.39 is 5.82 Å². The molecule has 1 amide bonds. The first-order valence-electron chi connectivity index (χ1n) is 7.02. The molecule has 7 heteroatoms. The van der Waals surface area contributed by atoms with E-state index in [4.69, 9.17) is 9.26 Å². The molecule has 22 heavy (non-hydrogen) atoms. The van der Waals surface area contributed by atoms with Crippen LogP contribution in [-0.4, -0.2) is 41.1 Å². The van der Waals surface area contributed by atoms with Gasteiger partial charge in [0.15, 0.2) is 5.82 Å². The Morgan fingerprint density at radius 1 is 1.50 bits per heavy atom. The third-order valence-corrected chi connectivity index (χ3v) is 3.78. The van der Waals surface area contributed by atoms with Gasteiger partial charge in [-0.05, 0) is 25.5 Å². The molecule has 0 spiro atoms. The SMILES string of the molecule is COc1cccc(F)c1C(=O)N1CC[C@@H](c2nc(C)no2)C1. The van der Waals surface area contributed by atoms with E-state index in [-0.39, 0.29) is 23.1 Å². The number of amides is 1. The van der Waals surface area contributed by atoms with E-state index >= 15 is 0 Å². The van der Waals surface area contributed by atoms with E-state index in [1.54, 1.807) is 17.9 Å². The Morgan fingerprint density at radius 3 is 3.00 bits per heavy atom. The number of aromatic nitrogens is 2. The van der Waals surface area contributed by atoms with Gasteiger partial charge in [0.1, 0.15) is 17.1 Å². The Bertz CT molecular complexity index is 701. The Balaban J connectivity index is 1.80. The van der Waals surface area contributed by atoms with Crippen molar-refractivity contribution in [3.63, 3.8) is 0 Å². The van der Waals surface area contributed by atoms with Crippen LogP contribution >= 0.6 is 0 Å². The van der Waals surface area contributed by atoms with Gasteiger partial charge in [0, 0.05) is 13.1 Å². The maximum Gasteiger partial charge on any atom is 0.260 e. The minimum atomic E-state index is -0.582. The number of methoxy groups -OCH3 is 1. The maximum atomic E-state index is 14.0. The molecule has 2 aromatic rings. The fraction of sp³-hybridized carbons (Fsp3) is 0.400. The third-order valence-electron chi connectivity index (χ3n) is 3.78. The van der Waals surface area contributed by atoms with Crippen LogP contribution in [0, 0.1) is 12.7 Å². The van der Waals surface area contributed by atoms with E-state index in [1.165, 1.54) is 19.2 Å². The van der Waals surface area contributed by atoms with Gasteiger partial charge < -0.3 is 14.2 Å². The second-order valence-electron chi connectivity index (χ2n) is 5.23. The van der Waals surface area contributed by atoms with Crippen molar-refractivity contribution in [2.24, 2.45) is 0 Å². The quantitative estimate of drug-likeness (QED) is 0.869. The topological polar surface area (TPSA) is 68.5 Å². The van der Waals surface area contributed by atoms with Crippen molar-refractivity contribution in [3.8, 4) is 5.75 Å². The highest BCUT2D eigenvalue weighted by molar-refractivity contribution is 5.97. The van der Waals surface area contributed by atoms with Gasteiger partial charge in [-0.2, -0.15) is 4.98 Å². The largest absolute Gasteiger partial charge is 0.496 e. The number of rotatable bonds is 3. The first kappa shape index (κ1) is 14.5. The fourth-order valence-corrected chi connectivity index (χ4v) is 2.67. The first-order valence-corrected chi connectivity index (χ1v) is 7.02. The molecule has 1 saturated heterocycles. The molecule has 3 rings (SSSR count). The number of hydrogen-bond acceptors (Lipinski definition) is 5. The highest BCUT2D eigenvalue weighted by atomic mass is 19.1. The molecule has 6 nitrogen and oxygen atoms in total. The average Bonchev–Trinajstić information content (AvgIpc) is 3.15. The summed E-state index contributed by atoms with van der Waals surface area (Å²) in [5.41, 5.74) is -0.0349. The second kappa shape index (κ2) is 5.75. The number of halogens is 1. The minimum absolute atomic E-state index is 0.0112. The lowest BCUT2D eigenvalue weighted by molar-refractivity contribution is 0.0781. The predicted molar refractivity (Wildman–Crippen MR) is 75.2 cm³/mol. The van der Waals surface area contributed by atoms with Crippen LogP contribution < -0.4 is 4.74 Å². The van der Waals surface area contributed by atoms with Crippen molar-refractivity contribution >= 4 is 5.91 Å². The smallest absolute Gasteiger partial charge is 0.260 e. The van der Waals surface area contributed by atoms with Crippen LogP contribution in [0.25, 0.3) is 0 Å². The molecule has 2 heterocycles. The number of nitrogens with zero attached hydrogens (tertiary/aromatic N) is 3. The molecular weight excluding hydrogens is 289 g/mol. The van der Waals surface area contributed by atoms with Crippen molar-refractivity contribution in [2.45, 2.75) is 19.3 Å². The van der Waals surface area contributed by atoms with Crippen LogP contribution in [0.2, 0.25) is 0 Å². The summed E-state index contributed by atoms with van der Waals surface area (Å²) >= 11 is 0. The Kier molecular flexibility index (Phi) is 3.79. The van der Waals surface area contributed by atoms with E-state index in [0.29, 0.717) is 31.2 Å². The molecule has 0 radical (unpaired) electrons. The molecule has 0 bridgehead atoms. The van der Waals surface area contributed by atoms with Gasteiger partial charge >= 0.3 is 0 Å². The number of carbonyl (C=O) groups is 1. The van der Waals surface area contributed by atoms with Crippen LogP contribution in [0.5, 0.6) is 5.75 Å². The number of ether oxygens (including phenoxy) is 1. The van der Waals surface area contributed by atoms with E-state index in [2.05, 4.69) is 10.1 Å². The summed E-state index contributed by atoms with van der Waals surface area (Å²) in [5, 5.41) is 3.76. The van der Waals surface area contributed by atoms with Crippen molar-refractivity contribution < 1.29 is 18.4 Å². The standard InChI is InChI=1S/C15H16FN3O3/c1-9-17-14(22-18-9)10-6-7-19(8-10)15(20)13-11(16)4-3-5-12(13)21-2/h3-5,10H,6-8H2,1-2H3/t10-/m1/s1. The Morgan fingerprint density at radius 2 is 2.32 bits per heavy atom. The van der Waals surface area contributed by atoms with Crippen molar-refractivity contribution in [1.29, 1.82) is 0 Å². The number of likely N-dealkylation sites (tertiary alicyclic amines) is 1. The zero-order valence-corrected chi connectivity index (χ0v) is 12.4. The molecule has 0 aliphatic carbocycles. The number of hydrogen-bond donors (Lipinski definition) is 0. The summed E-state index contributed by atoms with van der Waals surface area (Å²) in [6.07, 6.45) is 0.712. The summed E-state index contributed by atoms with van der Waals surface area (Å²) in [4.78, 5) is 18.4. The lowest BCUT2D eigenvalue weighted by atomic mass is 10.1. The lowest BCUT2D eigenvalue weighted by Crippen LogP contribution is -2.29. The molecular formula is C15H16FN3O3. The van der Waals surface area contributed by atoms with Gasteiger partial charge in [-0.3, -0.25) is 4.79 Å². The Hall–Kier alpha value is -2.44. The molecule has 1 fully saturated rings. The third kappa shape index (κ3) is 2.54. The summed E-state index contributed by atoms with van der Waals surface area (Å²) in [6.45, 7) is 2.69. The number of aryl methyl sites for hydroxylation is 1. The van der Waals surface area contributed by atoms with Gasteiger partial charge in [0.25, 0.3) is 5.91 Å². The zero-order valence-electron chi connectivity index (χ0n) is 12.4. The van der Waals surface area contributed by atoms with Crippen LogP contribution in [0.4, 0.5) is 4.39 Å². The molecule has 1 atom stereocenters. The predicted octanol–water partition coefficient (Wildman–Crippen LogP) is 2.16. The van der Waals surface area contributed by atoms with Crippen molar-refractivity contribution in [2.75, 3.05) is 20.2 Å². The maximum absolute atomic E-state index is 14.0. The molecule has 0 N–H and O–H groups in total. The monoisotopic (exact) mass is 305 g/mol. The van der Waals surface area contributed by atoms with E-state index in [1.807, 2.05) is 0 Å². The van der Waals surface area contributed by atoms with Gasteiger partial charge in [-0.1, -0.05) is 11.2 Å². The fourth-order valence-electron chi connectivity index (χ4n) is 2.67. The summed E-state index contributed by atoms with van der Waals surface area (Å²) in [5.74, 6) is 0.351. The molecule has 1 aliphatic rings. The molecule has 116 valence electrons. The summed E-state index contributed by atoms with van der Waals surface area (Å²) in [6, 6.07) is 4.34. The van der Waals surface area contributed by atoms with Crippen LogP contribution in [-0.2, 0) is 0 Å². The van der Waals surface area contributed by atoms with Gasteiger partial charge in [0.2, 0.25) is 5.89 Å². The Labute approximate surface area is 126 Å². The number of carbonyl (C=O) groups excluding carboxylic acids is 1.